The number of fused-ring (bicyclic) bond motifs is 1. The molecule has 3 unspecified atom stereocenters. The lowest BCUT2D eigenvalue weighted by Gasteiger charge is -2.35. The van der Waals surface area contributed by atoms with Crippen molar-refractivity contribution in [3.8, 4) is 0 Å². The van der Waals surface area contributed by atoms with E-state index in [4.69, 9.17) is 4.74 Å². The molecule has 0 aromatic heterocycles. The Hall–Kier alpha value is -0.810. The lowest BCUT2D eigenvalue weighted by Crippen LogP contribution is -2.51. The number of nitrogens with zero attached hydrogens (tertiary/aromatic N) is 1. The van der Waals surface area contributed by atoms with Crippen LogP contribution in [0.2, 0.25) is 0 Å². The molecule has 0 bridgehead atoms. The first-order valence-corrected chi connectivity index (χ1v) is 7.22. The van der Waals surface area contributed by atoms with Crippen LogP contribution >= 0.6 is 0 Å². The van der Waals surface area contributed by atoms with Gasteiger partial charge in [-0.1, -0.05) is 0 Å². The van der Waals surface area contributed by atoms with Gasteiger partial charge in [-0.2, -0.15) is 0 Å². The van der Waals surface area contributed by atoms with E-state index in [0.29, 0.717) is 18.6 Å². The summed E-state index contributed by atoms with van der Waals surface area (Å²) in [6.07, 6.45) is 4.65. The second-order valence-corrected chi connectivity index (χ2v) is 6.52. The minimum atomic E-state index is -0.863. The smallest absolute Gasteiger partial charge is 0.317 e. The van der Waals surface area contributed by atoms with E-state index < -0.39 is 5.60 Å². The normalized spacial score (nSPS) is 30.8. The van der Waals surface area contributed by atoms with Crippen LogP contribution in [0.5, 0.6) is 0 Å². The summed E-state index contributed by atoms with van der Waals surface area (Å²) in [5.74, 6) is 0.466. The molecule has 1 aliphatic heterocycles. The number of hydrogen-bond acceptors (Lipinski definition) is 3. The van der Waals surface area contributed by atoms with Crippen LogP contribution in [0.15, 0.2) is 0 Å². The zero-order valence-electron chi connectivity index (χ0n) is 12.2. The maximum absolute atomic E-state index is 12.1. The molecular weight excluding hydrogens is 244 g/mol. The Kier molecular flexibility index (Phi) is 4.36. The molecule has 110 valence electrons. The van der Waals surface area contributed by atoms with Gasteiger partial charge in [0.1, 0.15) is 0 Å². The molecule has 2 amide bonds. The van der Waals surface area contributed by atoms with Gasteiger partial charge >= 0.3 is 6.03 Å². The largest absolute Gasteiger partial charge is 0.389 e. The molecule has 1 heterocycles. The molecule has 2 aliphatic rings. The first-order valence-electron chi connectivity index (χ1n) is 7.22. The van der Waals surface area contributed by atoms with Crippen molar-refractivity contribution in [3.63, 3.8) is 0 Å². The van der Waals surface area contributed by atoms with E-state index in [1.165, 1.54) is 0 Å². The Bertz CT molecular complexity index is 327. The average molecular weight is 270 g/mol. The summed E-state index contributed by atoms with van der Waals surface area (Å²) in [5.41, 5.74) is -0.863. The fraction of sp³-hybridized carbons (Fsp3) is 0.929. The molecule has 0 spiro atoms. The van der Waals surface area contributed by atoms with Crippen molar-refractivity contribution in [1.29, 1.82) is 0 Å². The Morgan fingerprint density at radius 3 is 2.84 bits per heavy atom. The van der Waals surface area contributed by atoms with E-state index >= 15 is 0 Å². The maximum atomic E-state index is 12.1. The van der Waals surface area contributed by atoms with Gasteiger partial charge in [0.05, 0.1) is 18.2 Å². The van der Waals surface area contributed by atoms with Crippen molar-refractivity contribution in [2.45, 2.75) is 57.3 Å². The molecule has 1 saturated carbocycles. The summed E-state index contributed by atoms with van der Waals surface area (Å²) in [5, 5.41) is 12.9. The van der Waals surface area contributed by atoms with Crippen molar-refractivity contribution in [2.24, 2.45) is 5.92 Å². The monoisotopic (exact) mass is 270 g/mol. The summed E-state index contributed by atoms with van der Waals surface area (Å²) in [7, 11) is 1.72. The van der Waals surface area contributed by atoms with Crippen molar-refractivity contribution in [1.82, 2.24) is 10.2 Å². The number of likely N-dealkylation sites (N-methyl/N-ethyl adjacent to an activating group) is 1. The number of hydrogen-bond donors (Lipinski definition) is 2. The van der Waals surface area contributed by atoms with Gasteiger partial charge in [-0.3, -0.25) is 0 Å². The van der Waals surface area contributed by atoms with Gasteiger partial charge in [-0.05, 0) is 39.5 Å². The SMILES string of the molecule is CN(CC(C)(C)O)C(=O)NC1CCCC2OCCC12. The molecule has 0 aromatic rings. The maximum Gasteiger partial charge on any atom is 0.317 e. The van der Waals surface area contributed by atoms with Crippen LogP contribution in [0, 0.1) is 5.92 Å². The van der Waals surface area contributed by atoms with Crippen molar-refractivity contribution in [2.75, 3.05) is 20.2 Å². The third-order valence-corrected chi connectivity index (χ3v) is 4.06. The number of nitrogens with one attached hydrogen (secondary N) is 1. The number of ether oxygens (including phenoxy) is 1. The van der Waals surface area contributed by atoms with Gasteiger partial charge in [0.25, 0.3) is 0 Å². The fourth-order valence-corrected chi connectivity index (χ4v) is 3.28. The van der Waals surface area contributed by atoms with Crippen molar-refractivity contribution < 1.29 is 14.6 Å². The van der Waals surface area contributed by atoms with E-state index in [2.05, 4.69) is 5.32 Å². The summed E-state index contributed by atoms with van der Waals surface area (Å²) >= 11 is 0. The predicted molar refractivity (Wildman–Crippen MR) is 72.9 cm³/mol. The summed E-state index contributed by atoms with van der Waals surface area (Å²) in [4.78, 5) is 13.7. The summed E-state index contributed by atoms with van der Waals surface area (Å²) in [6.45, 7) is 4.56. The first kappa shape index (κ1) is 14.6. The Balaban J connectivity index is 1.87. The Labute approximate surface area is 115 Å². The third kappa shape index (κ3) is 3.83. The minimum Gasteiger partial charge on any atom is -0.389 e. The highest BCUT2D eigenvalue weighted by molar-refractivity contribution is 5.74. The molecule has 2 fully saturated rings. The molecule has 1 saturated heterocycles. The van der Waals surface area contributed by atoms with E-state index in [-0.39, 0.29) is 12.1 Å². The summed E-state index contributed by atoms with van der Waals surface area (Å²) in [6, 6.07) is 0.123. The lowest BCUT2D eigenvalue weighted by molar-refractivity contribution is 0.0449. The quantitative estimate of drug-likeness (QED) is 0.814. The molecular formula is C14H26N2O3. The number of carbonyl (C=O) groups is 1. The van der Waals surface area contributed by atoms with Crippen LogP contribution in [0.4, 0.5) is 4.79 Å². The van der Waals surface area contributed by atoms with Crippen LogP contribution < -0.4 is 5.32 Å². The number of aliphatic hydroxyl groups is 1. The highest BCUT2D eigenvalue weighted by Gasteiger charge is 2.38. The molecule has 5 nitrogen and oxygen atoms in total. The van der Waals surface area contributed by atoms with Gasteiger partial charge in [0, 0.05) is 25.6 Å². The van der Waals surface area contributed by atoms with Gasteiger partial charge in [0.2, 0.25) is 0 Å². The first-order chi connectivity index (χ1) is 8.87. The van der Waals surface area contributed by atoms with Gasteiger partial charge in [-0.15, -0.1) is 0 Å². The lowest BCUT2D eigenvalue weighted by atomic mass is 9.82. The minimum absolute atomic E-state index is 0.0975. The van der Waals surface area contributed by atoms with E-state index in [9.17, 15) is 9.90 Å². The Morgan fingerprint density at radius 1 is 1.42 bits per heavy atom. The Morgan fingerprint density at radius 2 is 2.16 bits per heavy atom. The van der Waals surface area contributed by atoms with Crippen LogP contribution in [-0.4, -0.2) is 54.0 Å². The van der Waals surface area contributed by atoms with E-state index in [1.54, 1.807) is 25.8 Å². The van der Waals surface area contributed by atoms with Gasteiger partial charge in [-0.25, -0.2) is 4.79 Å². The standard InChI is InChI=1S/C14H26N2O3/c1-14(2,18)9-16(3)13(17)15-11-5-4-6-12-10(11)7-8-19-12/h10-12,18H,4-9H2,1-3H3,(H,15,17). The molecule has 0 aromatic carbocycles. The second-order valence-electron chi connectivity index (χ2n) is 6.52. The molecule has 19 heavy (non-hydrogen) atoms. The van der Waals surface area contributed by atoms with Gasteiger partial charge < -0.3 is 20.1 Å². The highest BCUT2D eigenvalue weighted by Crippen LogP contribution is 2.34. The van der Waals surface area contributed by atoms with E-state index in [0.717, 1.165) is 32.3 Å². The van der Waals surface area contributed by atoms with Crippen LogP contribution in [0.25, 0.3) is 0 Å². The van der Waals surface area contributed by atoms with Crippen molar-refractivity contribution in [3.05, 3.63) is 0 Å². The van der Waals surface area contributed by atoms with Gasteiger partial charge in [0.15, 0.2) is 0 Å². The second kappa shape index (κ2) is 5.67. The third-order valence-electron chi connectivity index (χ3n) is 4.06. The molecule has 3 atom stereocenters. The van der Waals surface area contributed by atoms with Crippen molar-refractivity contribution >= 4 is 6.03 Å². The zero-order chi connectivity index (χ0) is 14.0. The molecule has 1 aliphatic carbocycles. The molecule has 0 radical (unpaired) electrons. The summed E-state index contributed by atoms with van der Waals surface area (Å²) < 4.78 is 5.70. The molecule has 2 rings (SSSR count). The number of rotatable bonds is 3. The van der Waals surface area contributed by atoms with Crippen LogP contribution in [-0.2, 0) is 4.74 Å². The topological polar surface area (TPSA) is 61.8 Å². The van der Waals surface area contributed by atoms with E-state index in [1.807, 2.05) is 0 Å². The zero-order valence-corrected chi connectivity index (χ0v) is 12.2. The predicted octanol–water partition coefficient (Wildman–Crippen LogP) is 1.36. The number of urea groups is 1. The van der Waals surface area contributed by atoms with Crippen LogP contribution in [0.3, 0.4) is 0 Å². The average Bonchev–Trinajstić information content (AvgIpc) is 2.75. The fourth-order valence-electron chi connectivity index (χ4n) is 3.28. The molecule has 2 N–H and O–H groups in total. The molecule has 5 heteroatoms. The number of amides is 2. The van der Waals surface area contributed by atoms with Crippen LogP contribution in [0.1, 0.15) is 39.5 Å². The number of carbonyl (C=O) groups excluding carboxylic acids is 1. The highest BCUT2D eigenvalue weighted by atomic mass is 16.5.